The van der Waals surface area contributed by atoms with E-state index in [0.29, 0.717) is 24.1 Å². The number of carbonyl (C=O) groups excluding carboxylic acids is 1. The van der Waals surface area contributed by atoms with Crippen LogP contribution in [-0.4, -0.2) is 17.6 Å². The Morgan fingerprint density at radius 2 is 2.20 bits per heavy atom. The normalized spacial score (nSPS) is 9.33. The molecule has 1 aromatic carbocycles. The Bertz CT molecular complexity index is 379. The topological polar surface area (TPSA) is 49.3 Å². The van der Waals surface area contributed by atoms with Gasteiger partial charge < -0.3 is 10.4 Å². The lowest BCUT2D eigenvalue weighted by molar-refractivity contribution is 0.0951. The van der Waals surface area contributed by atoms with E-state index in [9.17, 15) is 4.79 Å². The van der Waals surface area contributed by atoms with Crippen LogP contribution < -0.4 is 5.32 Å². The van der Waals surface area contributed by atoms with Crippen LogP contribution in [0.4, 0.5) is 0 Å². The third-order valence-corrected chi connectivity index (χ3v) is 1.99. The number of aliphatic hydroxyl groups excluding tert-OH is 1. The predicted molar refractivity (Wildman–Crippen MR) is 58.1 cm³/mol. The lowest BCUT2D eigenvalue weighted by Gasteiger charge is -2.06. The molecule has 2 N–H and O–H groups in total. The number of nitrogens with one attached hydrogen (secondary N) is 1. The van der Waals surface area contributed by atoms with E-state index in [1.54, 1.807) is 24.3 Å². The van der Waals surface area contributed by atoms with Gasteiger partial charge in [-0.25, -0.2) is 0 Å². The highest BCUT2D eigenvalue weighted by Crippen LogP contribution is 2.08. The summed E-state index contributed by atoms with van der Waals surface area (Å²) in [6.45, 7) is 0.313. The summed E-state index contributed by atoms with van der Waals surface area (Å²) in [5.41, 5.74) is 1.12. The highest BCUT2D eigenvalue weighted by molar-refractivity contribution is 5.95. The molecule has 0 aliphatic rings. The van der Waals surface area contributed by atoms with Crippen LogP contribution in [0.1, 0.15) is 22.3 Å². The van der Waals surface area contributed by atoms with Gasteiger partial charge in [-0.15, -0.1) is 12.3 Å². The summed E-state index contributed by atoms with van der Waals surface area (Å²) >= 11 is 0. The standard InChI is InChI=1S/C12H13NO2/c1-2-3-8-13-12(15)11-7-5-4-6-10(11)9-14/h1,4-7,14H,3,8-9H2,(H,13,15). The van der Waals surface area contributed by atoms with E-state index in [4.69, 9.17) is 11.5 Å². The van der Waals surface area contributed by atoms with Crippen LogP contribution in [0.15, 0.2) is 24.3 Å². The molecule has 0 unspecified atom stereocenters. The molecule has 78 valence electrons. The Kier molecular flexibility index (Phi) is 4.39. The number of rotatable bonds is 4. The lowest BCUT2D eigenvalue weighted by atomic mass is 10.1. The Morgan fingerprint density at radius 1 is 1.47 bits per heavy atom. The summed E-state index contributed by atoms with van der Waals surface area (Å²) in [6.07, 6.45) is 5.58. The molecule has 15 heavy (non-hydrogen) atoms. The van der Waals surface area contributed by atoms with Crippen molar-refractivity contribution in [2.75, 3.05) is 6.54 Å². The van der Waals surface area contributed by atoms with Crippen LogP contribution in [0.5, 0.6) is 0 Å². The van der Waals surface area contributed by atoms with Crippen molar-refractivity contribution in [3.63, 3.8) is 0 Å². The summed E-state index contributed by atoms with van der Waals surface area (Å²) < 4.78 is 0. The van der Waals surface area contributed by atoms with Crippen LogP contribution in [0.3, 0.4) is 0 Å². The maximum absolute atomic E-state index is 11.6. The maximum Gasteiger partial charge on any atom is 0.251 e. The second kappa shape index (κ2) is 5.84. The molecule has 3 heteroatoms. The van der Waals surface area contributed by atoms with Crippen LogP contribution in [0.25, 0.3) is 0 Å². The van der Waals surface area contributed by atoms with Gasteiger partial charge in [-0.05, 0) is 11.6 Å². The molecule has 1 amide bonds. The Hall–Kier alpha value is -1.79. The van der Waals surface area contributed by atoms with Crippen molar-refractivity contribution >= 4 is 5.91 Å². The molecule has 0 bridgehead atoms. The number of hydrogen-bond acceptors (Lipinski definition) is 2. The first-order valence-corrected chi connectivity index (χ1v) is 4.70. The Morgan fingerprint density at radius 3 is 2.87 bits per heavy atom. The third-order valence-electron chi connectivity index (χ3n) is 1.99. The van der Waals surface area contributed by atoms with E-state index >= 15 is 0 Å². The first-order chi connectivity index (χ1) is 7.29. The van der Waals surface area contributed by atoms with E-state index in [-0.39, 0.29) is 12.5 Å². The van der Waals surface area contributed by atoms with Gasteiger partial charge in [-0.1, -0.05) is 18.2 Å². The zero-order chi connectivity index (χ0) is 11.1. The molecule has 0 saturated carbocycles. The van der Waals surface area contributed by atoms with E-state index in [2.05, 4.69) is 11.2 Å². The number of amides is 1. The second-order valence-electron chi connectivity index (χ2n) is 3.03. The average molecular weight is 203 g/mol. The third kappa shape index (κ3) is 3.12. The molecule has 0 fully saturated rings. The Balaban J connectivity index is 2.69. The molecule has 0 aromatic heterocycles. The molecule has 0 atom stereocenters. The van der Waals surface area contributed by atoms with Gasteiger partial charge in [0, 0.05) is 18.5 Å². The number of benzene rings is 1. The minimum absolute atomic E-state index is 0.140. The average Bonchev–Trinajstić information content (AvgIpc) is 2.29. The molecule has 0 aliphatic carbocycles. The minimum Gasteiger partial charge on any atom is -0.392 e. The van der Waals surface area contributed by atoms with Gasteiger partial charge in [0.25, 0.3) is 5.91 Å². The molecule has 1 aromatic rings. The quantitative estimate of drug-likeness (QED) is 0.565. The molecular formula is C12H13NO2. The zero-order valence-corrected chi connectivity index (χ0v) is 8.36. The lowest BCUT2D eigenvalue weighted by Crippen LogP contribution is -2.25. The summed E-state index contributed by atoms with van der Waals surface area (Å²) in [6, 6.07) is 6.94. The van der Waals surface area contributed by atoms with Gasteiger partial charge in [0.2, 0.25) is 0 Å². The monoisotopic (exact) mass is 203 g/mol. The Labute approximate surface area is 89.1 Å². The fraction of sp³-hybridized carbons (Fsp3) is 0.250. The van der Waals surface area contributed by atoms with Gasteiger partial charge in [-0.2, -0.15) is 0 Å². The highest BCUT2D eigenvalue weighted by Gasteiger charge is 2.08. The van der Waals surface area contributed by atoms with Gasteiger partial charge in [0.15, 0.2) is 0 Å². The van der Waals surface area contributed by atoms with Crippen molar-refractivity contribution in [3.8, 4) is 12.3 Å². The number of hydrogen-bond donors (Lipinski definition) is 2. The van der Waals surface area contributed by atoms with Gasteiger partial charge in [0.05, 0.1) is 6.61 Å². The molecule has 3 nitrogen and oxygen atoms in total. The van der Waals surface area contributed by atoms with Gasteiger partial charge in [-0.3, -0.25) is 4.79 Å². The summed E-state index contributed by atoms with van der Waals surface area (Å²) in [5, 5.41) is 11.7. The summed E-state index contributed by atoms with van der Waals surface area (Å²) in [7, 11) is 0. The number of terminal acetylenes is 1. The summed E-state index contributed by atoms with van der Waals surface area (Å²) in [4.78, 5) is 11.6. The van der Waals surface area contributed by atoms with E-state index in [1.165, 1.54) is 0 Å². The van der Waals surface area contributed by atoms with Crippen LogP contribution in [-0.2, 0) is 6.61 Å². The van der Waals surface area contributed by atoms with E-state index in [0.717, 1.165) is 0 Å². The fourth-order valence-electron chi connectivity index (χ4n) is 1.22. The van der Waals surface area contributed by atoms with Crippen LogP contribution in [0, 0.1) is 12.3 Å². The molecule has 0 saturated heterocycles. The maximum atomic E-state index is 11.6. The second-order valence-corrected chi connectivity index (χ2v) is 3.03. The largest absolute Gasteiger partial charge is 0.392 e. The number of aliphatic hydroxyl groups is 1. The smallest absolute Gasteiger partial charge is 0.251 e. The fourth-order valence-corrected chi connectivity index (χ4v) is 1.22. The minimum atomic E-state index is -0.199. The molecule has 0 heterocycles. The van der Waals surface area contributed by atoms with Crippen molar-refractivity contribution < 1.29 is 9.90 Å². The summed E-state index contributed by atoms with van der Waals surface area (Å²) in [5.74, 6) is 2.24. The SMILES string of the molecule is C#CCCNC(=O)c1ccccc1CO. The van der Waals surface area contributed by atoms with Crippen molar-refractivity contribution in [2.24, 2.45) is 0 Å². The highest BCUT2D eigenvalue weighted by atomic mass is 16.3. The predicted octanol–water partition coefficient (Wildman–Crippen LogP) is 0.932. The molecule has 0 aliphatic heterocycles. The molecular weight excluding hydrogens is 190 g/mol. The first kappa shape index (κ1) is 11.3. The van der Waals surface area contributed by atoms with Gasteiger partial charge in [0.1, 0.15) is 0 Å². The van der Waals surface area contributed by atoms with Crippen LogP contribution >= 0.6 is 0 Å². The van der Waals surface area contributed by atoms with Crippen molar-refractivity contribution in [1.29, 1.82) is 0 Å². The zero-order valence-electron chi connectivity index (χ0n) is 8.36. The van der Waals surface area contributed by atoms with E-state index in [1.807, 2.05) is 0 Å². The van der Waals surface area contributed by atoms with Crippen LogP contribution in [0.2, 0.25) is 0 Å². The molecule has 0 spiro atoms. The van der Waals surface area contributed by atoms with Crippen molar-refractivity contribution in [2.45, 2.75) is 13.0 Å². The number of carbonyl (C=O) groups is 1. The first-order valence-electron chi connectivity index (χ1n) is 4.70. The van der Waals surface area contributed by atoms with Crippen molar-refractivity contribution in [1.82, 2.24) is 5.32 Å². The van der Waals surface area contributed by atoms with E-state index < -0.39 is 0 Å². The van der Waals surface area contributed by atoms with Gasteiger partial charge >= 0.3 is 0 Å². The molecule has 1 rings (SSSR count). The van der Waals surface area contributed by atoms with Crippen molar-refractivity contribution in [3.05, 3.63) is 35.4 Å². The molecule has 0 radical (unpaired) electrons.